The van der Waals surface area contributed by atoms with Gasteiger partial charge in [0.25, 0.3) is 0 Å². The van der Waals surface area contributed by atoms with E-state index in [1.807, 2.05) is 0 Å². The molecule has 0 atom stereocenters. The molecule has 102 valence electrons. The summed E-state index contributed by atoms with van der Waals surface area (Å²) in [6.07, 6.45) is 12.0. The van der Waals surface area contributed by atoms with Gasteiger partial charge in [0.1, 0.15) is 0 Å². The minimum atomic E-state index is -3.74. The Hall–Kier alpha value is 1.50. The van der Waals surface area contributed by atoms with E-state index >= 15 is 0 Å². The molecule has 5 heteroatoms. The van der Waals surface area contributed by atoms with E-state index in [2.05, 4.69) is 6.92 Å². The molecule has 3 nitrogen and oxygen atoms in total. The van der Waals surface area contributed by atoms with Crippen LogP contribution in [0.15, 0.2) is 0 Å². The zero-order chi connectivity index (χ0) is 12.3. The molecule has 0 aromatic rings. The topological polar surface area (TPSA) is 57.5 Å². The summed E-state index contributed by atoms with van der Waals surface area (Å²) in [6.45, 7) is 2.22. The van der Waals surface area contributed by atoms with Crippen molar-refractivity contribution in [3.8, 4) is 0 Å². The maximum absolute atomic E-state index is 10.6. The molecule has 0 aliphatic carbocycles. The van der Waals surface area contributed by atoms with Crippen molar-refractivity contribution < 1.29 is 55.2 Å². The molecule has 0 amide bonds. The van der Waals surface area contributed by atoms with Gasteiger partial charge in [0, 0.05) is 47.0 Å². The van der Waals surface area contributed by atoms with Crippen molar-refractivity contribution in [2.45, 2.75) is 71.1 Å². The van der Waals surface area contributed by atoms with Gasteiger partial charge in [0.2, 0.25) is 0 Å². The molecule has 0 spiro atoms. The average molecular weight is 395 g/mol. The summed E-state index contributed by atoms with van der Waals surface area (Å²) >= 11 is 0. The minimum Gasteiger partial charge on any atom is -0.324 e. The molecule has 0 rings (SSSR count). The fourth-order valence-corrected chi connectivity index (χ4v) is 2.44. The molecule has 0 unspecified atom stereocenters. The summed E-state index contributed by atoms with van der Waals surface area (Å²) < 4.78 is 10.6. The van der Waals surface area contributed by atoms with Crippen molar-refractivity contribution in [1.82, 2.24) is 0 Å². The fraction of sp³-hybridized carbons (Fsp3) is 1.00. The van der Waals surface area contributed by atoms with Gasteiger partial charge < -0.3 is 9.79 Å². The molecule has 0 saturated carbocycles. The molecular weight excluding hydrogens is 367 g/mol. The summed E-state index contributed by atoms with van der Waals surface area (Å²) in [5.74, 6) is 0. The summed E-state index contributed by atoms with van der Waals surface area (Å²) in [7, 11) is -3.74. The Morgan fingerprint density at radius 2 is 1.12 bits per heavy atom. The van der Waals surface area contributed by atoms with Crippen LogP contribution in [0.25, 0.3) is 0 Å². The first-order valence-electron chi connectivity index (χ1n) is 6.61. The van der Waals surface area contributed by atoms with Crippen molar-refractivity contribution >= 4 is 7.60 Å². The number of unbranched alkanes of at least 4 members (excludes halogenated alkanes) is 9. The Balaban J connectivity index is 0. The zero-order valence-corrected chi connectivity index (χ0v) is 15.1. The number of hydrogen-bond acceptors (Lipinski definition) is 1. The molecule has 0 aliphatic rings. The van der Waals surface area contributed by atoms with Gasteiger partial charge >= 0.3 is 7.60 Å². The summed E-state index contributed by atoms with van der Waals surface area (Å²) in [5, 5.41) is 0. The Morgan fingerprint density at radius 1 is 0.765 bits per heavy atom. The van der Waals surface area contributed by atoms with Gasteiger partial charge in [0.05, 0.1) is 0 Å². The maximum Gasteiger partial charge on any atom is 0.325 e. The van der Waals surface area contributed by atoms with Crippen LogP contribution >= 0.6 is 7.60 Å². The van der Waals surface area contributed by atoms with Crippen LogP contribution in [0, 0.1) is 40.8 Å². The zero-order valence-electron chi connectivity index (χ0n) is 11.0. The molecule has 0 aliphatic heterocycles. The van der Waals surface area contributed by atoms with Gasteiger partial charge in [0.15, 0.2) is 0 Å². The third-order valence-electron chi connectivity index (χ3n) is 2.80. The Morgan fingerprint density at radius 3 is 1.47 bits per heavy atom. The van der Waals surface area contributed by atoms with E-state index in [9.17, 15) is 4.57 Å². The van der Waals surface area contributed by atoms with Crippen molar-refractivity contribution in [3.05, 3.63) is 0 Å². The Labute approximate surface area is 139 Å². The first-order valence-corrected chi connectivity index (χ1v) is 8.40. The van der Waals surface area contributed by atoms with Crippen LogP contribution in [0.5, 0.6) is 0 Å². The predicted octanol–water partition coefficient (Wildman–Crippen LogP) is 4.09. The third-order valence-corrected chi connectivity index (χ3v) is 3.70. The van der Waals surface area contributed by atoms with Gasteiger partial charge in [-0.25, -0.2) is 0 Å². The van der Waals surface area contributed by atoms with Crippen LogP contribution in [0.1, 0.15) is 71.1 Å². The van der Waals surface area contributed by atoms with E-state index in [0.717, 1.165) is 12.8 Å². The average Bonchev–Trinajstić information content (AvgIpc) is 2.19. The van der Waals surface area contributed by atoms with E-state index < -0.39 is 7.60 Å². The molecule has 0 radical (unpaired) electrons. The van der Waals surface area contributed by atoms with Crippen molar-refractivity contribution in [3.63, 3.8) is 0 Å². The van der Waals surface area contributed by atoms with Crippen molar-refractivity contribution in [2.24, 2.45) is 0 Å². The predicted molar refractivity (Wildman–Crippen MR) is 68.8 cm³/mol. The molecule has 0 heterocycles. The second-order valence-electron chi connectivity index (χ2n) is 4.57. The standard InChI is InChI=1S/C12H27O3P.Nd/c1-2-3-4-5-6-7-8-9-10-11-12-16(13,14)15;/h2-12H2,1H3,(H2,13,14,15);. The minimum absolute atomic E-state index is 0. The SMILES string of the molecule is CCCCCCCCCCCCP(=O)(O)O.[Nd]. The first-order chi connectivity index (χ1) is 7.56. The fourth-order valence-electron chi connectivity index (χ4n) is 1.81. The van der Waals surface area contributed by atoms with E-state index in [1.165, 1.54) is 44.9 Å². The Kier molecular flexibility index (Phi) is 17.0. The maximum atomic E-state index is 10.6. The van der Waals surface area contributed by atoms with E-state index in [-0.39, 0.29) is 47.0 Å². The molecule has 0 saturated heterocycles. The monoisotopic (exact) mass is 392 g/mol. The molecule has 2 N–H and O–H groups in total. The number of rotatable bonds is 11. The quantitative estimate of drug-likeness (QED) is 0.410. The normalized spacial score (nSPS) is 11.2. The largest absolute Gasteiger partial charge is 0.325 e. The van der Waals surface area contributed by atoms with Crippen LogP contribution in [-0.4, -0.2) is 15.9 Å². The number of hydrogen-bond donors (Lipinski definition) is 2. The van der Waals surface area contributed by atoms with Crippen LogP contribution in [0.3, 0.4) is 0 Å². The van der Waals surface area contributed by atoms with Gasteiger partial charge in [-0.3, -0.25) is 4.57 Å². The van der Waals surface area contributed by atoms with Crippen molar-refractivity contribution in [1.29, 1.82) is 0 Å². The van der Waals surface area contributed by atoms with Crippen molar-refractivity contribution in [2.75, 3.05) is 6.16 Å². The molecule has 0 aromatic heterocycles. The first kappa shape index (κ1) is 20.8. The molecule has 0 aromatic carbocycles. The van der Waals surface area contributed by atoms with E-state index in [0.29, 0.717) is 6.42 Å². The summed E-state index contributed by atoms with van der Waals surface area (Å²) in [6, 6.07) is 0. The van der Waals surface area contributed by atoms with Gasteiger partial charge in [-0.05, 0) is 6.42 Å². The van der Waals surface area contributed by atoms with Gasteiger partial charge in [-0.2, -0.15) is 0 Å². The molecule has 17 heavy (non-hydrogen) atoms. The van der Waals surface area contributed by atoms with Crippen LogP contribution < -0.4 is 0 Å². The molecular formula is C12H27NdO3P. The Bertz CT molecular complexity index is 194. The van der Waals surface area contributed by atoms with E-state index in [4.69, 9.17) is 9.79 Å². The second kappa shape index (κ2) is 13.9. The molecule has 0 fully saturated rings. The van der Waals surface area contributed by atoms with Crippen LogP contribution in [-0.2, 0) is 4.57 Å². The second-order valence-corrected chi connectivity index (χ2v) is 6.35. The smallest absolute Gasteiger partial charge is 0.324 e. The third kappa shape index (κ3) is 20.0. The summed E-state index contributed by atoms with van der Waals surface area (Å²) in [4.78, 5) is 17.3. The van der Waals surface area contributed by atoms with Gasteiger partial charge in [-0.1, -0.05) is 64.7 Å². The van der Waals surface area contributed by atoms with Crippen LogP contribution in [0.4, 0.5) is 0 Å². The van der Waals surface area contributed by atoms with E-state index in [1.54, 1.807) is 0 Å². The molecule has 0 bridgehead atoms. The van der Waals surface area contributed by atoms with Gasteiger partial charge in [-0.15, -0.1) is 0 Å². The summed E-state index contributed by atoms with van der Waals surface area (Å²) in [5.41, 5.74) is 0. The van der Waals surface area contributed by atoms with Crippen LogP contribution in [0.2, 0.25) is 0 Å².